The first-order valence-corrected chi connectivity index (χ1v) is 4.95. The second-order valence-electron chi connectivity index (χ2n) is 2.75. The lowest BCUT2D eigenvalue weighted by molar-refractivity contribution is 0.608. The minimum Gasteiger partial charge on any atom is -0.436 e. The van der Waals surface area contributed by atoms with Crippen LogP contribution < -0.4 is 0 Å². The van der Waals surface area contributed by atoms with Crippen molar-refractivity contribution in [1.82, 2.24) is 0 Å². The lowest BCUT2D eigenvalue weighted by Gasteiger charge is -1.99. The Kier molecular flexibility index (Phi) is 1.43. The third kappa shape index (κ3) is 0.986. The highest BCUT2D eigenvalue weighted by atomic mass is 32.2. The Morgan fingerprint density at radius 1 is 1.31 bits per heavy atom. The molecule has 2 aromatic rings. The van der Waals surface area contributed by atoms with E-state index in [1.807, 2.05) is 24.3 Å². The normalized spacial score (nSPS) is 14.8. The lowest BCUT2D eigenvalue weighted by atomic mass is 10.3. The number of thioether (sulfide) groups is 1. The number of rotatable bonds is 0. The molecule has 3 rings (SSSR count). The van der Waals surface area contributed by atoms with E-state index >= 15 is 0 Å². The van der Waals surface area contributed by atoms with Crippen LogP contribution in [0.1, 0.15) is 0 Å². The molecule has 2 heterocycles. The molecule has 0 saturated carbocycles. The fraction of sp³-hybridized carbons (Fsp3) is 0.111. The van der Waals surface area contributed by atoms with Gasteiger partial charge in [-0.05, 0) is 12.1 Å². The van der Waals surface area contributed by atoms with E-state index < -0.39 is 0 Å². The smallest absolute Gasteiger partial charge is 0.253 e. The van der Waals surface area contributed by atoms with Crippen molar-refractivity contribution in [3.8, 4) is 0 Å². The van der Waals surface area contributed by atoms with E-state index in [-0.39, 0.29) is 0 Å². The SMILES string of the molecule is c1ccc2c3c(oc2c1)N=NCS3. The van der Waals surface area contributed by atoms with E-state index in [9.17, 15) is 0 Å². The predicted octanol–water partition coefficient (Wildman–Crippen LogP) is 3.58. The van der Waals surface area contributed by atoms with E-state index in [4.69, 9.17) is 4.42 Å². The molecule has 0 radical (unpaired) electrons. The molecular formula is C9H6N2OS. The molecule has 13 heavy (non-hydrogen) atoms. The number of benzene rings is 1. The Morgan fingerprint density at radius 3 is 3.23 bits per heavy atom. The largest absolute Gasteiger partial charge is 0.436 e. The maximum absolute atomic E-state index is 5.51. The van der Waals surface area contributed by atoms with Gasteiger partial charge in [-0.3, -0.25) is 0 Å². The van der Waals surface area contributed by atoms with Crippen molar-refractivity contribution in [2.45, 2.75) is 4.90 Å². The highest BCUT2D eigenvalue weighted by molar-refractivity contribution is 7.99. The first kappa shape index (κ1) is 7.15. The Hall–Kier alpha value is -1.29. The fourth-order valence-corrected chi connectivity index (χ4v) is 2.18. The van der Waals surface area contributed by atoms with Crippen molar-refractivity contribution >= 4 is 28.6 Å². The molecule has 0 atom stereocenters. The molecule has 0 aliphatic carbocycles. The van der Waals surface area contributed by atoms with Crippen molar-refractivity contribution in [2.24, 2.45) is 10.2 Å². The summed E-state index contributed by atoms with van der Waals surface area (Å²) in [5.74, 6) is 1.34. The van der Waals surface area contributed by atoms with Crippen LogP contribution in [0.15, 0.2) is 43.8 Å². The molecule has 0 bridgehead atoms. The third-order valence-electron chi connectivity index (χ3n) is 1.96. The van der Waals surface area contributed by atoms with E-state index in [0.29, 0.717) is 11.8 Å². The molecule has 4 heteroatoms. The van der Waals surface area contributed by atoms with Gasteiger partial charge in [-0.15, -0.1) is 5.11 Å². The molecule has 0 unspecified atom stereocenters. The number of fused-ring (bicyclic) bond motifs is 3. The summed E-state index contributed by atoms with van der Waals surface area (Å²) in [7, 11) is 0. The van der Waals surface area contributed by atoms with E-state index in [0.717, 1.165) is 15.9 Å². The molecule has 3 nitrogen and oxygen atoms in total. The quantitative estimate of drug-likeness (QED) is 0.636. The average Bonchev–Trinajstić information content (AvgIpc) is 2.56. The summed E-state index contributed by atoms with van der Waals surface area (Å²) in [6.45, 7) is 0. The van der Waals surface area contributed by atoms with Crippen LogP contribution in [0.5, 0.6) is 0 Å². The first-order chi connectivity index (χ1) is 6.45. The van der Waals surface area contributed by atoms with E-state index in [2.05, 4.69) is 10.2 Å². The zero-order valence-corrected chi connectivity index (χ0v) is 7.54. The molecule has 1 aromatic carbocycles. The maximum atomic E-state index is 5.51. The first-order valence-electron chi connectivity index (χ1n) is 3.97. The van der Waals surface area contributed by atoms with Crippen LogP contribution in [0.4, 0.5) is 5.88 Å². The summed E-state index contributed by atoms with van der Waals surface area (Å²) in [4.78, 5) is 1.12. The molecule has 0 spiro atoms. The minimum absolute atomic E-state index is 0.650. The van der Waals surface area contributed by atoms with Gasteiger partial charge >= 0.3 is 0 Å². The van der Waals surface area contributed by atoms with Crippen molar-refractivity contribution < 1.29 is 4.42 Å². The van der Waals surface area contributed by atoms with Gasteiger partial charge in [0, 0.05) is 5.39 Å². The van der Waals surface area contributed by atoms with Gasteiger partial charge in [0.25, 0.3) is 5.88 Å². The summed E-state index contributed by atoms with van der Waals surface area (Å²) >= 11 is 1.67. The van der Waals surface area contributed by atoms with Crippen molar-refractivity contribution in [1.29, 1.82) is 0 Å². The Labute approximate surface area is 78.8 Å². The highest BCUT2D eigenvalue weighted by Crippen LogP contribution is 2.41. The number of para-hydroxylation sites is 1. The molecule has 1 aliphatic rings. The van der Waals surface area contributed by atoms with Gasteiger partial charge < -0.3 is 4.42 Å². The number of furan rings is 1. The minimum atomic E-state index is 0.650. The molecule has 1 aromatic heterocycles. The number of azo groups is 1. The van der Waals surface area contributed by atoms with Crippen LogP contribution in [0.25, 0.3) is 11.0 Å². The Morgan fingerprint density at radius 2 is 2.23 bits per heavy atom. The summed E-state index contributed by atoms with van der Waals surface area (Å²) in [6, 6.07) is 7.96. The zero-order chi connectivity index (χ0) is 8.67. The van der Waals surface area contributed by atoms with E-state index in [1.165, 1.54) is 0 Å². The number of hydrogen-bond acceptors (Lipinski definition) is 4. The van der Waals surface area contributed by atoms with Crippen molar-refractivity contribution in [3.63, 3.8) is 0 Å². The summed E-state index contributed by atoms with van der Waals surface area (Å²) in [6.07, 6.45) is 0. The molecular weight excluding hydrogens is 184 g/mol. The van der Waals surface area contributed by atoms with Gasteiger partial charge in [0.2, 0.25) is 0 Å². The fourth-order valence-electron chi connectivity index (χ4n) is 1.40. The molecule has 64 valence electrons. The van der Waals surface area contributed by atoms with Gasteiger partial charge in [-0.2, -0.15) is 5.11 Å². The summed E-state index contributed by atoms with van der Waals surface area (Å²) < 4.78 is 5.51. The topological polar surface area (TPSA) is 37.9 Å². The monoisotopic (exact) mass is 190 g/mol. The standard InChI is InChI=1S/C9H6N2OS/c1-2-4-7-6(3-1)8-9(12-7)11-10-5-13-8/h1-4H,5H2. The lowest BCUT2D eigenvalue weighted by Crippen LogP contribution is -1.77. The Bertz CT molecular complexity index is 489. The maximum Gasteiger partial charge on any atom is 0.253 e. The van der Waals surface area contributed by atoms with Gasteiger partial charge in [-0.1, -0.05) is 23.9 Å². The molecule has 0 N–H and O–H groups in total. The van der Waals surface area contributed by atoms with Gasteiger partial charge in [0.15, 0.2) is 0 Å². The average molecular weight is 190 g/mol. The molecule has 0 fully saturated rings. The Balaban J connectivity index is 2.41. The second kappa shape index (κ2) is 2.60. The van der Waals surface area contributed by atoms with Crippen LogP contribution in [0.3, 0.4) is 0 Å². The van der Waals surface area contributed by atoms with Gasteiger partial charge in [-0.25, -0.2) is 0 Å². The van der Waals surface area contributed by atoms with Gasteiger partial charge in [0.1, 0.15) is 11.5 Å². The third-order valence-corrected chi connectivity index (χ3v) is 2.89. The molecule has 0 amide bonds. The summed E-state index contributed by atoms with van der Waals surface area (Å²) in [5.41, 5.74) is 0.890. The van der Waals surface area contributed by atoms with Crippen LogP contribution in [0.2, 0.25) is 0 Å². The number of hydrogen-bond donors (Lipinski definition) is 0. The van der Waals surface area contributed by atoms with Crippen LogP contribution >= 0.6 is 11.8 Å². The summed E-state index contributed by atoms with van der Waals surface area (Å²) in [5, 5.41) is 9.02. The van der Waals surface area contributed by atoms with E-state index in [1.54, 1.807) is 11.8 Å². The predicted molar refractivity (Wildman–Crippen MR) is 51.5 cm³/mol. The van der Waals surface area contributed by atoms with Gasteiger partial charge in [0.05, 0.1) is 4.90 Å². The van der Waals surface area contributed by atoms with Crippen LogP contribution in [0, 0.1) is 0 Å². The molecule has 1 aliphatic heterocycles. The molecule has 0 saturated heterocycles. The van der Waals surface area contributed by atoms with Crippen LogP contribution in [-0.4, -0.2) is 5.88 Å². The van der Waals surface area contributed by atoms with Crippen molar-refractivity contribution in [3.05, 3.63) is 24.3 Å². The zero-order valence-electron chi connectivity index (χ0n) is 6.73. The second-order valence-corrected chi connectivity index (χ2v) is 3.70. The highest BCUT2D eigenvalue weighted by Gasteiger charge is 2.16. The van der Waals surface area contributed by atoms with Crippen LogP contribution in [-0.2, 0) is 0 Å². The van der Waals surface area contributed by atoms with Crippen molar-refractivity contribution in [2.75, 3.05) is 5.88 Å². The number of nitrogens with zero attached hydrogens (tertiary/aromatic N) is 2.